The Morgan fingerprint density at radius 1 is 0.864 bits per heavy atom. The summed E-state index contributed by atoms with van der Waals surface area (Å²) in [5.74, 6) is 0.985. The van der Waals surface area contributed by atoms with Crippen LogP contribution < -0.4 is 5.32 Å². The molecular formula is C19H34N2O. The lowest BCUT2D eigenvalue weighted by Crippen LogP contribution is -2.02. The van der Waals surface area contributed by atoms with Gasteiger partial charge in [0.05, 0.1) is 0 Å². The van der Waals surface area contributed by atoms with Crippen LogP contribution in [0.1, 0.15) is 71.1 Å². The lowest BCUT2D eigenvalue weighted by Gasteiger charge is -2.06. The Kier molecular flexibility index (Phi) is 12.8. The zero-order valence-electron chi connectivity index (χ0n) is 14.4. The normalized spacial score (nSPS) is 10.8. The third kappa shape index (κ3) is 11.6. The van der Waals surface area contributed by atoms with Crippen molar-refractivity contribution in [1.82, 2.24) is 4.98 Å². The summed E-state index contributed by atoms with van der Waals surface area (Å²) in [6.45, 7) is 5.18. The van der Waals surface area contributed by atoms with E-state index in [2.05, 4.69) is 17.2 Å². The van der Waals surface area contributed by atoms with Gasteiger partial charge in [-0.1, -0.05) is 57.9 Å². The summed E-state index contributed by atoms with van der Waals surface area (Å²) in [5, 5.41) is 3.35. The summed E-state index contributed by atoms with van der Waals surface area (Å²) < 4.78 is 5.66. The fourth-order valence-electron chi connectivity index (χ4n) is 2.45. The fourth-order valence-corrected chi connectivity index (χ4v) is 2.45. The molecule has 3 heteroatoms. The molecule has 0 aliphatic carbocycles. The minimum atomic E-state index is 0.952. The molecule has 1 aromatic rings. The van der Waals surface area contributed by atoms with E-state index in [-0.39, 0.29) is 0 Å². The van der Waals surface area contributed by atoms with Gasteiger partial charge in [-0.3, -0.25) is 0 Å². The predicted molar refractivity (Wildman–Crippen MR) is 95.4 cm³/mol. The van der Waals surface area contributed by atoms with Crippen LogP contribution in [0, 0.1) is 0 Å². The lowest BCUT2D eigenvalue weighted by molar-refractivity contribution is 0.126. The van der Waals surface area contributed by atoms with Crippen molar-refractivity contribution >= 4 is 5.82 Å². The second-order valence-electron chi connectivity index (χ2n) is 5.94. The van der Waals surface area contributed by atoms with Crippen LogP contribution in [-0.2, 0) is 4.74 Å². The number of ether oxygens (including phenoxy) is 1. The minimum Gasteiger partial charge on any atom is -0.381 e. The Hall–Kier alpha value is -1.09. The van der Waals surface area contributed by atoms with E-state index in [1.807, 2.05) is 24.4 Å². The summed E-state index contributed by atoms with van der Waals surface area (Å²) in [6.07, 6.45) is 14.8. The Morgan fingerprint density at radius 3 is 2.23 bits per heavy atom. The summed E-state index contributed by atoms with van der Waals surface area (Å²) in [5.41, 5.74) is 0. The zero-order chi connectivity index (χ0) is 15.7. The monoisotopic (exact) mass is 306 g/mol. The summed E-state index contributed by atoms with van der Waals surface area (Å²) in [4.78, 5) is 4.25. The molecule has 0 radical (unpaired) electrons. The molecule has 0 bridgehead atoms. The third-order valence-electron chi connectivity index (χ3n) is 3.83. The van der Waals surface area contributed by atoms with Gasteiger partial charge < -0.3 is 10.1 Å². The molecule has 0 fully saturated rings. The number of nitrogens with zero attached hydrogens (tertiary/aromatic N) is 1. The molecule has 0 aliphatic heterocycles. The molecule has 0 aliphatic rings. The number of anilines is 1. The SMILES string of the molecule is CCCCCCOCCCCCCCCNc1ccccn1. The maximum atomic E-state index is 5.66. The van der Waals surface area contributed by atoms with Crippen LogP contribution in [0.5, 0.6) is 0 Å². The van der Waals surface area contributed by atoms with Gasteiger partial charge in [0.2, 0.25) is 0 Å². The van der Waals surface area contributed by atoms with Crippen LogP contribution in [0.4, 0.5) is 5.82 Å². The van der Waals surface area contributed by atoms with E-state index in [1.54, 1.807) is 0 Å². The van der Waals surface area contributed by atoms with E-state index in [9.17, 15) is 0 Å². The first-order valence-electron chi connectivity index (χ1n) is 9.16. The average molecular weight is 306 g/mol. The van der Waals surface area contributed by atoms with Crippen LogP contribution in [0.2, 0.25) is 0 Å². The van der Waals surface area contributed by atoms with E-state index >= 15 is 0 Å². The standard InChI is InChI=1S/C19H34N2O/c1-2-3-4-12-17-22-18-13-8-6-5-7-10-15-20-19-14-9-11-16-21-19/h9,11,14,16H,2-8,10,12-13,15,17-18H2,1H3,(H,20,21). The maximum Gasteiger partial charge on any atom is 0.125 e. The van der Waals surface area contributed by atoms with Gasteiger partial charge in [-0.2, -0.15) is 0 Å². The first-order valence-corrected chi connectivity index (χ1v) is 9.16. The van der Waals surface area contributed by atoms with Gasteiger partial charge in [0.25, 0.3) is 0 Å². The molecule has 0 amide bonds. The van der Waals surface area contributed by atoms with Crippen molar-refractivity contribution in [2.24, 2.45) is 0 Å². The quantitative estimate of drug-likeness (QED) is 0.439. The summed E-state index contributed by atoms with van der Waals surface area (Å²) >= 11 is 0. The van der Waals surface area contributed by atoms with E-state index < -0.39 is 0 Å². The van der Waals surface area contributed by atoms with Crippen molar-refractivity contribution < 1.29 is 4.74 Å². The molecule has 1 aromatic heterocycles. The van der Waals surface area contributed by atoms with Crippen molar-refractivity contribution in [2.75, 3.05) is 25.1 Å². The molecule has 126 valence electrons. The van der Waals surface area contributed by atoms with E-state index in [0.29, 0.717) is 0 Å². The van der Waals surface area contributed by atoms with E-state index in [0.717, 1.165) is 25.6 Å². The fraction of sp³-hybridized carbons (Fsp3) is 0.737. The molecule has 0 saturated heterocycles. The first-order chi connectivity index (χ1) is 10.9. The number of hydrogen-bond donors (Lipinski definition) is 1. The van der Waals surface area contributed by atoms with Crippen molar-refractivity contribution in [3.63, 3.8) is 0 Å². The highest BCUT2D eigenvalue weighted by Gasteiger charge is 1.94. The average Bonchev–Trinajstić information content (AvgIpc) is 2.56. The number of aromatic nitrogens is 1. The van der Waals surface area contributed by atoms with Gasteiger partial charge in [-0.05, 0) is 31.4 Å². The van der Waals surface area contributed by atoms with Gasteiger partial charge in [-0.25, -0.2) is 4.98 Å². The number of hydrogen-bond acceptors (Lipinski definition) is 3. The van der Waals surface area contributed by atoms with Crippen LogP contribution in [0.25, 0.3) is 0 Å². The van der Waals surface area contributed by atoms with Crippen molar-refractivity contribution in [1.29, 1.82) is 0 Å². The largest absolute Gasteiger partial charge is 0.381 e. The first kappa shape index (κ1) is 19.0. The van der Waals surface area contributed by atoms with Crippen LogP contribution in [0.3, 0.4) is 0 Å². The third-order valence-corrected chi connectivity index (χ3v) is 3.83. The molecule has 1 rings (SSSR count). The van der Waals surface area contributed by atoms with Gasteiger partial charge >= 0.3 is 0 Å². The highest BCUT2D eigenvalue weighted by molar-refractivity contribution is 5.32. The molecule has 1 N–H and O–H groups in total. The molecule has 22 heavy (non-hydrogen) atoms. The van der Waals surface area contributed by atoms with Gasteiger partial charge in [0, 0.05) is 26.0 Å². The van der Waals surface area contributed by atoms with E-state index in [4.69, 9.17) is 4.74 Å². The zero-order valence-corrected chi connectivity index (χ0v) is 14.4. The minimum absolute atomic E-state index is 0.952. The van der Waals surface area contributed by atoms with Crippen LogP contribution in [-0.4, -0.2) is 24.7 Å². The van der Waals surface area contributed by atoms with Crippen LogP contribution in [0.15, 0.2) is 24.4 Å². The second kappa shape index (κ2) is 14.8. The molecule has 0 unspecified atom stereocenters. The second-order valence-corrected chi connectivity index (χ2v) is 5.94. The summed E-state index contributed by atoms with van der Waals surface area (Å²) in [6, 6.07) is 5.98. The molecule has 0 saturated carbocycles. The summed E-state index contributed by atoms with van der Waals surface area (Å²) in [7, 11) is 0. The Morgan fingerprint density at radius 2 is 1.55 bits per heavy atom. The van der Waals surface area contributed by atoms with E-state index in [1.165, 1.54) is 64.2 Å². The Balaban J connectivity index is 1.73. The van der Waals surface area contributed by atoms with Crippen molar-refractivity contribution in [3.8, 4) is 0 Å². The molecule has 3 nitrogen and oxygen atoms in total. The molecule has 1 heterocycles. The maximum absolute atomic E-state index is 5.66. The van der Waals surface area contributed by atoms with Crippen molar-refractivity contribution in [3.05, 3.63) is 24.4 Å². The Bertz CT molecular complexity index is 329. The number of pyridine rings is 1. The highest BCUT2D eigenvalue weighted by Crippen LogP contribution is 2.07. The molecular weight excluding hydrogens is 272 g/mol. The predicted octanol–water partition coefficient (Wildman–Crippen LogP) is 5.43. The number of nitrogens with one attached hydrogen (secondary N) is 1. The van der Waals surface area contributed by atoms with Gasteiger partial charge in [0.15, 0.2) is 0 Å². The lowest BCUT2D eigenvalue weighted by atomic mass is 10.1. The Labute approximate surface area is 136 Å². The smallest absolute Gasteiger partial charge is 0.125 e. The molecule has 0 aromatic carbocycles. The number of rotatable bonds is 15. The van der Waals surface area contributed by atoms with Gasteiger partial charge in [0.1, 0.15) is 5.82 Å². The number of unbranched alkanes of at least 4 members (excludes halogenated alkanes) is 8. The molecule has 0 spiro atoms. The molecule has 0 atom stereocenters. The van der Waals surface area contributed by atoms with Crippen LogP contribution >= 0.6 is 0 Å². The van der Waals surface area contributed by atoms with Gasteiger partial charge in [-0.15, -0.1) is 0 Å². The highest BCUT2D eigenvalue weighted by atomic mass is 16.5. The van der Waals surface area contributed by atoms with Crippen molar-refractivity contribution in [2.45, 2.75) is 71.1 Å². The topological polar surface area (TPSA) is 34.1 Å².